The van der Waals surface area contributed by atoms with Crippen LogP contribution in [0, 0.1) is 5.92 Å². The van der Waals surface area contributed by atoms with Crippen molar-refractivity contribution in [3.05, 3.63) is 0 Å². The summed E-state index contributed by atoms with van der Waals surface area (Å²) in [6.45, 7) is 4.74. The van der Waals surface area contributed by atoms with Crippen molar-refractivity contribution in [3.63, 3.8) is 0 Å². The lowest BCUT2D eigenvalue weighted by atomic mass is 10.00. The molecular weight excluding hydrogens is 220 g/mol. The molecule has 2 amide bonds. The number of likely N-dealkylation sites (tertiary alicyclic amines) is 1. The molecule has 2 heterocycles. The molecule has 5 heteroatoms. The standard InChI is InChI=1S/C12H20N2O3/c1-2-14-11(15)7-10(12(14)16)13-8-9-3-5-17-6-4-9/h9-10,13H,2-8H2,1H3. The number of nitrogens with one attached hydrogen (secondary N) is 1. The summed E-state index contributed by atoms with van der Waals surface area (Å²) in [6.07, 6.45) is 2.40. The lowest BCUT2D eigenvalue weighted by Gasteiger charge is -2.23. The van der Waals surface area contributed by atoms with E-state index in [0.29, 0.717) is 18.9 Å². The van der Waals surface area contributed by atoms with Gasteiger partial charge in [0.1, 0.15) is 0 Å². The largest absolute Gasteiger partial charge is 0.381 e. The monoisotopic (exact) mass is 240 g/mol. The molecule has 96 valence electrons. The van der Waals surface area contributed by atoms with Gasteiger partial charge < -0.3 is 10.1 Å². The summed E-state index contributed by atoms with van der Waals surface area (Å²) < 4.78 is 5.29. The highest BCUT2D eigenvalue weighted by molar-refractivity contribution is 6.05. The number of imide groups is 1. The average molecular weight is 240 g/mol. The topological polar surface area (TPSA) is 58.6 Å². The molecule has 2 rings (SSSR count). The van der Waals surface area contributed by atoms with Crippen LogP contribution in [0.25, 0.3) is 0 Å². The zero-order chi connectivity index (χ0) is 12.3. The van der Waals surface area contributed by atoms with Crippen LogP contribution in [0.3, 0.4) is 0 Å². The van der Waals surface area contributed by atoms with Crippen LogP contribution in [-0.4, -0.2) is 49.1 Å². The number of hydrogen-bond donors (Lipinski definition) is 1. The van der Waals surface area contributed by atoms with Crippen molar-refractivity contribution in [2.24, 2.45) is 5.92 Å². The SMILES string of the molecule is CCN1C(=O)CC(NCC2CCOCC2)C1=O. The quantitative estimate of drug-likeness (QED) is 0.711. The van der Waals surface area contributed by atoms with Crippen molar-refractivity contribution in [2.75, 3.05) is 26.3 Å². The summed E-state index contributed by atoms with van der Waals surface area (Å²) in [5, 5.41) is 3.23. The predicted octanol–water partition coefficient (Wildman–Crippen LogP) is 0.150. The Bertz CT molecular complexity index is 300. The van der Waals surface area contributed by atoms with Gasteiger partial charge >= 0.3 is 0 Å². The van der Waals surface area contributed by atoms with Gasteiger partial charge in [-0.25, -0.2) is 0 Å². The van der Waals surface area contributed by atoms with Crippen LogP contribution in [0.2, 0.25) is 0 Å². The number of hydrogen-bond acceptors (Lipinski definition) is 4. The lowest BCUT2D eigenvalue weighted by Crippen LogP contribution is -2.41. The van der Waals surface area contributed by atoms with Gasteiger partial charge in [0.25, 0.3) is 0 Å². The second-order valence-electron chi connectivity index (χ2n) is 4.70. The Balaban J connectivity index is 1.79. The smallest absolute Gasteiger partial charge is 0.246 e. The van der Waals surface area contributed by atoms with Gasteiger partial charge in [-0.05, 0) is 32.2 Å². The fourth-order valence-corrected chi connectivity index (χ4v) is 2.43. The van der Waals surface area contributed by atoms with Crippen LogP contribution < -0.4 is 5.32 Å². The van der Waals surface area contributed by atoms with E-state index in [1.165, 1.54) is 4.90 Å². The second-order valence-corrected chi connectivity index (χ2v) is 4.70. The predicted molar refractivity (Wildman–Crippen MR) is 62.3 cm³/mol. The van der Waals surface area contributed by atoms with Gasteiger partial charge in [-0.2, -0.15) is 0 Å². The molecule has 2 fully saturated rings. The third-order valence-corrected chi connectivity index (χ3v) is 3.55. The maximum atomic E-state index is 11.8. The molecule has 0 bridgehead atoms. The molecule has 2 aliphatic heterocycles. The van der Waals surface area contributed by atoms with Crippen LogP contribution in [0.15, 0.2) is 0 Å². The van der Waals surface area contributed by atoms with E-state index in [1.54, 1.807) is 0 Å². The Morgan fingerprint density at radius 2 is 2.06 bits per heavy atom. The van der Waals surface area contributed by atoms with Crippen molar-refractivity contribution < 1.29 is 14.3 Å². The molecular formula is C12H20N2O3. The minimum absolute atomic E-state index is 0.0537. The molecule has 1 N–H and O–H groups in total. The molecule has 1 atom stereocenters. The first-order valence-corrected chi connectivity index (χ1v) is 6.37. The molecule has 0 radical (unpaired) electrons. The Morgan fingerprint density at radius 3 is 2.65 bits per heavy atom. The van der Waals surface area contributed by atoms with Gasteiger partial charge in [0.2, 0.25) is 11.8 Å². The van der Waals surface area contributed by atoms with E-state index >= 15 is 0 Å². The van der Waals surface area contributed by atoms with Gasteiger partial charge in [-0.3, -0.25) is 14.5 Å². The number of amides is 2. The molecule has 0 aromatic rings. The van der Waals surface area contributed by atoms with E-state index in [4.69, 9.17) is 4.74 Å². The van der Waals surface area contributed by atoms with Crippen LogP contribution in [0.4, 0.5) is 0 Å². The first-order valence-electron chi connectivity index (χ1n) is 6.37. The van der Waals surface area contributed by atoms with E-state index in [2.05, 4.69) is 5.32 Å². The highest BCUT2D eigenvalue weighted by Crippen LogP contribution is 2.16. The number of nitrogens with zero attached hydrogens (tertiary/aromatic N) is 1. The third kappa shape index (κ3) is 2.84. The van der Waals surface area contributed by atoms with E-state index in [1.807, 2.05) is 6.92 Å². The summed E-state index contributed by atoms with van der Waals surface area (Å²) in [7, 11) is 0. The van der Waals surface area contributed by atoms with Crippen molar-refractivity contribution in [2.45, 2.75) is 32.2 Å². The van der Waals surface area contributed by atoms with Gasteiger partial charge in [0.15, 0.2) is 0 Å². The number of ether oxygens (including phenoxy) is 1. The summed E-state index contributed by atoms with van der Waals surface area (Å²) in [6, 6.07) is -0.301. The van der Waals surface area contributed by atoms with Crippen LogP contribution in [-0.2, 0) is 14.3 Å². The molecule has 0 aliphatic carbocycles. The Hall–Kier alpha value is -0.940. The average Bonchev–Trinajstić information content (AvgIpc) is 2.63. The zero-order valence-corrected chi connectivity index (χ0v) is 10.3. The molecule has 0 spiro atoms. The third-order valence-electron chi connectivity index (χ3n) is 3.55. The molecule has 5 nitrogen and oxygen atoms in total. The summed E-state index contributed by atoms with van der Waals surface area (Å²) in [5.74, 6) is 0.453. The number of carbonyl (C=O) groups excluding carboxylic acids is 2. The Morgan fingerprint density at radius 1 is 1.35 bits per heavy atom. The van der Waals surface area contributed by atoms with Crippen molar-refractivity contribution in [3.8, 4) is 0 Å². The second kappa shape index (κ2) is 5.60. The normalized spacial score (nSPS) is 26.9. The van der Waals surface area contributed by atoms with E-state index in [0.717, 1.165) is 32.6 Å². The first kappa shape index (κ1) is 12.5. The van der Waals surface area contributed by atoms with Crippen LogP contribution >= 0.6 is 0 Å². The summed E-state index contributed by atoms with van der Waals surface area (Å²) in [4.78, 5) is 24.7. The maximum Gasteiger partial charge on any atom is 0.246 e. The van der Waals surface area contributed by atoms with Gasteiger partial charge in [0, 0.05) is 19.8 Å². The molecule has 0 aromatic carbocycles. The number of likely N-dealkylation sites (N-methyl/N-ethyl adjacent to an activating group) is 1. The van der Waals surface area contributed by atoms with Crippen molar-refractivity contribution in [1.29, 1.82) is 0 Å². The Kier molecular flexibility index (Phi) is 4.12. The number of rotatable bonds is 4. The number of carbonyl (C=O) groups is 2. The van der Waals surface area contributed by atoms with E-state index in [-0.39, 0.29) is 17.9 Å². The van der Waals surface area contributed by atoms with Crippen LogP contribution in [0.1, 0.15) is 26.2 Å². The molecule has 1 unspecified atom stereocenters. The van der Waals surface area contributed by atoms with E-state index in [9.17, 15) is 9.59 Å². The Labute approximate surface area is 101 Å². The zero-order valence-electron chi connectivity index (χ0n) is 10.3. The van der Waals surface area contributed by atoms with Gasteiger partial charge in [-0.15, -0.1) is 0 Å². The van der Waals surface area contributed by atoms with E-state index < -0.39 is 0 Å². The fourth-order valence-electron chi connectivity index (χ4n) is 2.43. The lowest BCUT2D eigenvalue weighted by molar-refractivity contribution is -0.138. The molecule has 0 aromatic heterocycles. The fraction of sp³-hybridized carbons (Fsp3) is 0.833. The summed E-state index contributed by atoms with van der Waals surface area (Å²) >= 11 is 0. The summed E-state index contributed by atoms with van der Waals surface area (Å²) in [5.41, 5.74) is 0. The van der Waals surface area contributed by atoms with Crippen molar-refractivity contribution in [1.82, 2.24) is 10.2 Å². The van der Waals surface area contributed by atoms with Gasteiger partial charge in [-0.1, -0.05) is 0 Å². The molecule has 2 aliphatic rings. The highest BCUT2D eigenvalue weighted by Gasteiger charge is 2.37. The van der Waals surface area contributed by atoms with Crippen molar-refractivity contribution >= 4 is 11.8 Å². The minimum atomic E-state index is -0.301. The molecule has 0 saturated carbocycles. The maximum absolute atomic E-state index is 11.8. The van der Waals surface area contributed by atoms with Gasteiger partial charge in [0.05, 0.1) is 12.5 Å². The first-order chi connectivity index (χ1) is 8.22. The minimum Gasteiger partial charge on any atom is -0.381 e. The molecule has 17 heavy (non-hydrogen) atoms. The highest BCUT2D eigenvalue weighted by atomic mass is 16.5. The molecule has 2 saturated heterocycles. The van der Waals surface area contributed by atoms with Crippen LogP contribution in [0.5, 0.6) is 0 Å².